The summed E-state index contributed by atoms with van der Waals surface area (Å²) in [6.07, 6.45) is -8.35. The number of amides is 1. The van der Waals surface area contributed by atoms with Crippen molar-refractivity contribution in [3.8, 4) is 5.88 Å². The average Bonchev–Trinajstić information content (AvgIpc) is 3.32. The molecule has 3 aromatic carbocycles. The second-order valence-corrected chi connectivity index (χ2v) is 19.1. The van der Waals surface area contributed by atoms with Crippen LogP contribution in [0.1, 0.15) is 86.7 Å². The Hall–Kier alpha value is -6.75. The van der Waals surface area contributed by atoms with Gasteiger partial charge in [-0.15, -0.1) is 0 Å². The van der Waals surface area contributed by atoms with E-state index in [-0.39, 0.29) is 35.6 Å². The van der Waals surface area contributed by atoms with E-state index in [0.29, 0.717) is 11.1 Å². The molecule has 1 aromatic heterocycles. The number of aliphatic hydroxyl groups is 2. The van der Waals surface area contributed by atoms with Crippen LogP contribution in [0, 0.1) is 16.7 Å². The summed E-state index contributed by atoms with van der Waals surface area (Å²) in [5.74, 6) is -6.29. The van der Waals surface area contributed by atoms with Crippen LogP contribution >= 0.6 is 0 Å². The van der Waals surface area contributed by atoms with Crippen LogP contribution in [-0.4, -0.2) is 100 Å². The molecule has 362 valence electrons. The number of benzene rings is 3. The smallest absolute Gasteiger partial charge is 0.368 e. The molecule has 0 unspecified atom stereocenters. The van der Waals surface area contributed by atoms with Gasteiger partial charge in [-0.2, -0.15) is 4.57 Å². The maximum absolute atomic E-state index is 15.7. The summed E-state index contributed by atoms with van der Waals surface area (Å²) in [6, 6.07) is 28.9. The lowest BCUT2D eigenvalue weighted by Gasteiger charge is -2.67. The molecule has 16 nitrogen and oxygen atoms in total. The fraction of sp³-hybridized carbons (Fsp3) is 0.415. The van der Waals surface area contributed by atoms with Gasteiger partial charge in [-0.25, -0.2) is 9.59 Å². The minimum atomic E-state index is -2.39. The largest absolute Gasteiger partial charge is 0.455 e. The number of carbonyl (C=O) groups excluding carboxylic acids is 6. The molecule has 2 heterocycles. The van der Waals surface area contributed by atoms with E-state index in [2.05, 4.69) is 5.32 Å². The van der Waals surface area contributed by atoms with Crippen LogP contribution in [0.3, 0.4) is 0 Å². The fourth-order valence-electron chi connectivity index (χ4n) is 11.0. The second-order valence-electron chi connectivity index (χ2n) is 19.1. The van der Waals surface area contributed by atoms with Gasteiger partial charge >= 0.3 is 29.8 Å². The van der Waals surface area contributed by atoms with Gasteiger partial charge < -0.3 is 44.0 Å². The lowest BCUT2D eigenvalue weighted by Crippen LogP contribution is -2.82. The molecule has 3 aliphatic carbocycles. The predicted molar refractivity (Wildman–Crippen MR) is 244 cm³/mol. The molecule has 4 aromatic rings. The monoisotopic (exact) mass is 945 g/mol. The maximum Gasteiger partial charge on any atom is 0.368 e. The van der Waals surface area contributed by atoms with Crippen LogP contribution in [0.15, 0.2) is 127 Å². The van der Waals surface area contributed by atoms with Crippen molar-refractivity contribution in [2.45, 2.75) is 108 Å². The van der Waals surface area contributed by atoms with Crippen molar-refractivity contribution >= 4 is 35.6 Å². The first kappa shape index (κ1) is 48.7. The predicted octanol–water partition coefficient (Wildman–Crippen LogP) is 4.65. The van der Waals surface area contributed by atoms with Gasteiger partial charge in [-0.3, -0.25) is 19.2 Å². The number of ketones is 1. The van der Waals surface area contributed by atoms with Gasteiger partial charge in [0.05, 0.1) is 35.7 Å². The minimum Gasteiger partial charge on any atom is -0.455 e. The Balaban J connectivity index is 1.32. The summed E-state index contributed by atoms with van der Waals surface area (Å²) in [5, 5.41) is 29.2. The molecule has 4 aliphatic rings. The zero-order valence-corrected chi connectivity index (χ0v) is 39.5. The van der Waals surface area contributed by atoms with Crippen LogP contribution in [0.5, 0.6) is 5.88 Å². The van der Waals surface area contributed by atoms with Gasteiger partial charge in [-0.1, -0.05) is 80.6 Å². The molecule has 1 aliphatic heterocycles. The van der Waals surface area contributed by atoms with Crippen LogP contribution < -0.4 is 14.6 Å². The van der Waals surface area contributed by atoms with Crippen molar-refractivity contribution in [3.05, 3.63) is 143 Å². The topological polar surface area (TPSA) is 214 Å². The van der Waals surface area contributed by atoms with Crippen LogP contribution in [0.25, 0.3) is 0 Å². The molecule has 1 saturated heterocycles. The second kappa shape index (κ2) is 18.6. The van der Waals surface area contributed by atoms with E-state index in [9.17, 15) is 29.4 Å². The summed E-state index contributed by atoms with van der Waals surface area (Å²) >= 11 is 0. The third-order valence-electron chi connectivity index (χ3n) is 14.7. The number of aryl methyl sites for hydroxylation is 1. The number of esters is 4. The number of aromatic nitrogens is 1. The zero-order chi connectivity index (χ0) is 49.6. The first-order chi connectivity index (χ1) is 32.7. The Kier molecular flexibility index (Phi) is 13.1. The molecule has 3 fully saturated rings. The van der Waals surface area contributed by atoms with E-state index in [0.717, 1.165) is 6.92 Å². The fourth-order valence-corrected chi connectivity index (χ4v) is 11.0. The molecular formula is C53H57N2O14+. The SMILES string of the molecule is CC(=O)O[C@H]1C(=O)[C@@]2(C)[C@H]([C@H](OC(=O)c3ccccc3)[C@]3(O)C[C@H](OC(=O)[C@H](Oc4cccc[n+]4C)[C@@H](NC(=O)c4ccccc4)c4ccccc4)C(C)=C1C3(C)C)[C@]1(OC(C)=O)CO[C@@H]1C[C@@H]2O. The number of carbonyl (C=O) groups is 6. The lowest BCUT2D eigenvalue weighted by molar-refractivity contribution is -0.677. The van der Waals surface area contributed by atoms with E-state index < -0.39 is 113 Å². The normalized spacial score (nSPS) is 29.7. The van der Waals surface area contributed by atoms with Crippen molar-refractivity contribution in [3.63, 3.8) is 0 Å². The molecule has 2 saturated carbocycles. The number of rotatable bonds is 12. The quantitative estimate of drug-likeness (QED) is 0.0764. The molecule has 1 amide bonds. The van der Waals surface area contributed by atoms with E-state index in [4.69, 9.17) is 28.4 Å². The van der Waals surface area contributed by atoms with E-state index >= 15 is 9.59 Å². The molecule has 0 spiro atoms. The van der Waals surface area contributed by atoms with E-state index in [1.54, 1.807) is 136 Å². The Morgan fingerprint density at radius 1 is 0.812 bits per heavy atom. The Morgan fingerprint density at radius 3 is 2.00 bits per heavy atom. The number of aliphatic hydroxyl groups excluding tert-OH is 1. The average molecular weight is 946 g/mol. The number of hydrogen-bond acceptors (Lipinski definition) is 14. The number of ether oxygens (including phenoxy) is 6. The van der Waals surface area contributed by atoms with Crippen molar-refractivity contribution in [2.75, 3.05) is 6.61 Å². The molecule has 69 heavy (non-hydrogen) atoms. The van der Waals surface area contributed by atoms with Crippen molar-refractivity contribution in [1.82, 2.24) is 5.32 Å². The first-order valence-corrected chi connectivity index (χ1v) is 22.9. The summed E-state index contributed by atoms with van der Waals surface area (Å²) < 4.78 is 39.3. The standard InChI is InChI=1S/C53H56N2O14/c1-30-36(66-49(62)43(67-39-25-17-18-26-55(39)7)41(33-19-11-8-12-20-33)54-47(60)34-21-13-9-14-22-34)28-53(63)46(68-48(61)35-23-15-10-16-24-35)44-51(6,37(58)27-38-52(44,29-64-38)69-32(3)57)45(59)42(65-31(2)56)40(30)50(53,4)5/h8-26,36-38,41-44,46,58,63H,27-29H2,1-7H3/p+1/t36-,37-,38+,41-,42+,43+,44-,46-,51+,52-,53+/m0/s1. The first-order valence-electron chi connectivity index (χ1n) is 22.9. The maximum atomic E-state index is 15.7. The minimum absolute atomic E-state index is 0.0271. The summed E-state index contributed by atoms with van der Waals surface area (Å²) in [7, 11) is 1.71. The highest BCUT2D eigenvalue weighted by Gasteiger charge is 2.78. The molecule has 2 bridgehead atoms. The highest BCUT2D eigenvalue weighted by atomic mass is 16.6. The van der Waals surface area contributed by atoms with E-state index in [1.165, 1.54) is 26.0 Å². The number of pyridine rings is 1. The highest BCUT2D eigenvalue weighted by Crippen LogP contribution is 2.64. The van der Waals surface area contributed by atoms with Crippen molar-refractivity contribution in [1.29, 1.82) is 0 Å². The number of hydrogen-bond donors (Lipinski definition) is 3. The van der Waals surface area contributed by atoms with E-state index in [1.807, 2.05) is 0 Å². The molecule has 8 rings (SSSR count). The number of nitrogens with one attached hydrogen (secondary N) is 1. The molecular weight excluding hydrogens is 889 g/mol. The number of Topliss-reactive ketones (excluding diaryl/α,β-unsaturated/α-hetero) is 1. The Morgan fingerprint density at radius 2 is 1.42 bits per heavy atom. The summed E-state index contributed by atoms with van der Waals surface area (Å²) in [5.41, 5.74) is -6.80. The van der Waals surface area contributed by atoms with Gasteiger partial charge in [0.15, 0.2) is 23.7 Å². The molecule has 11 atom stereocenters. The van der Waals surface area contributed by atoms with Gasteiger partial charge in [0.25, 0.3) is 5.91 Å². The van der Waals surface area contributed by atoms with Crippen LogP contribution in [0.4, 0.5) is 0 Å². The molecule has 16 heteroatoms. The number of nitrogens with zero attached hydrogens (tertiary/aromatic N) is 1. The Bertz CT molecular complexity index is 2680. The zero-order valence-electron chi connectivity index (χ0n) is 39.5. The summed E-state index contributed by atoms with van der Waals surface area (Å²) in [6.45, 7) is 8.17. The van der Waals surface area contributed by atoms with Crippen molar-refractivity contribution in [2.24, 2.45) is 23.8 Å². The third-order valence-corrected chi connectivity index (χ3v) is 14.7. The third kappa shape index (κ3) is 8.48. The molecule has 3 N–H and O–H groups in total. The van der Waals surface area contributed by atoms with Crippen LogP contribution in [-0.2, 0) is 49.9 Å². The lowest BCUT2D eigenvalue weighted by atomic mass is 9.44. The van der Waals surface area contributed by atoms with Gasteiger partial charge in [0.1, 0.15) is 37.0 Å². The van der Waals surface area contributed by atoms with Gasteiger partial charge in [-0.05, 0) is 60.9 Å². The van der Waals surface area contributed by atoms with Gasteiger partial charge in [0, 0.05) is 43.7 Å². The number of fused-ring (bicyclic) bond motifs is 5. The van der Waals surface area contributed by atoms with Crippen molar-refractivity contribution < 1.29 is 72.0 Å². The van der Waals surface area contributed by atoms with Gasteiger partial charge in [0.2, 0.25) is 6.10 Å². The Labute approximate surface area is 399 Å². The summed E-state index contributed by atoms with van der Waals surface area (Å²) in [4.78, 5) is 85.9. The van der Waals surface area contributed by atoms with Crippen LogP contribution in [0.2, 0.25) is 0 Å². The molecule has 0 radical (unpaired) electrons. The highest BCUT2D eigenvalue weighted by molar-refractivity contribution is 5.96.